The van der Waals surface area contributed by atoms with Crippen LogP contribution in [0.3, 0.4) is 0 Å². The average Bonchev–Trinajstić information content (AvgIpc) is 3.31. The van der Waals surface area contributed by atoms with Crippen LogP contribution in [0.4, 0.5) is 5.13 Å². The first-order chi connectivity index (χ1) is 12.2. The Morgan fingerprint density at radius 1 is 1.20 bits per heavy atom. The molecule has 0 radical (unpaired) electrons. The number of anilines is 1. The third-order valence-corrected chi connectivity index (χ3v) is 5.20. The summed E-state index contributed by atoms with van der Waals surface area (Å²) >= 11 is 2.81. The van der Waals surface area contributed by atoms with Crippen LogP contribution in [0.1, 0.15) is 27.0 Å². The second-order valence-corrected chi connectivity index (χ2v) is 6.95. The van der Waals surface area contributed by atoms with Gasteiger partial charge in [0, 0.05) is 30.0 Å². The van der Waals surface area contributed by atoms with Gasteiger partial charge in [0.2, 0.25) is 0 Å². The summed E-state index contributed by atoms with van der Waals surface area (Å²) in [5.74, 6) is 0.538. The van der Waals surface area contributed by atoms with Gasteiger partial charge >= 0.3 is 0 Å². The topological polar surface area (TPSA) is 73.3 Å². The molecule has 1 aromatic carbocycles. The summed E-state index contributed by atoms with van der Waals surface area (Å²) in [5.41, 5.74) is 3.10. The zero-order valence-electron chi connectivity index (χ0n) is 13.8. The molecular formula is C17H17N3O3S2. The molecular weight excluding hydrogens is 358 g/mol. The van der Waals surface area contributed by atoms with Gasteiger partial charge < -0.3 is 9.47 Å². The summed E-state index contributed by atoms with van der Waals surface area (Å²) in [6, 6.07) is 7.71. The fraction of sp³-hybridized carbons (Fsp3) is 0.235. The van der Waals surface area contributed by atoms with Crippen LogP contribution in [0.2, 0.25) is 0 Å². The molecule has 8 heteroatoms. The molecule has 3 rings (SSSR count). The van der Waals surface area contributed by atoms with E-state index < -0.39 is 0 Å². The van der Waals surface area contributed by atoms with Crippen LogP contribution in [0.25, 0.3) is 0 Å². The molecule has 0 aliphatic rings. The second kappa shape index (κ2) is 8.19. The van der Waals surface area contributed by atoms with E-state index in [0.29, 0.717) is 17.2 Å². The van der Waals surface area contributed by atoms with Crippen molar-refractivity contribution in [1.82, 2.24) is 9.97 Å². The number of hydrogen-bond donors (Lipinski definition) is 1. The van der Waals surface area contributed by atoms with Crippen LogP contribution >= 0.6 is 22.7 Å². The van der Waals surface area contributed by atoms with E-state index in [9.17, 15) is 4.79 Å². The molecule has 1 atom stereocenters. The fourth-order valence-electron chi connectivity index (χ4n) is 2.37. The lowest BCUT2D eigenvalue weighted by molar-refractivity contribution is 0.0997. The summed E-state index contributed by atoms with van der Waals surface area (Å²) in [7, 11) is 3.29. The Balaban J connectivity index is 1.75. The number of ether oxygens (including phenoxy) is 2. The van der Waals surface area contributed by atoms with Gasteiger partial charge in [0.05, 0.1) is 18.7 Å². The number of nitrogens with zero attached hydrogens (tertiary/aromatic N) is 2. The number of carbonyl (C=O) groups is 1. The molecule has 0 saturated carbocycles. The molecule has 0 bridgehead atoms. The third kappa shape index (κ3) is 4.22. The molecule has 1 amide bonds. The smallest absolute Gasteiger partial charge is 0.277 e. The lowest BCUT2D eigenvalue weighted by Gasteiger charge is -2.16. The maximum absolute atomic E-state index is 12.4. The second-order valence-electron chi connectivity index (χ2n) is 5.12. The zero-order chi connectivity index (χ0) is 17.6. The van der Waals surface area contributed by atoms with Crippen molar-refractivity contribution >= 4 is 33.7 Å². The monoisotopic (exact) mass is 375 g/mol. The minimum atomic E-state index is -0.254. The number of benzene rings is 1. The van der Waals surface area contributed by atoms with Crippen molar-refractivity contribution in [2.45, 2.75) is 12.5 Å². The van der Waals surface area contributed by atoms with Crippen LogP contribution in [-0.4, -0.2) is 30.1 Å². The molecule has 2 aromatic heterocycles. The molecule has 0 aliphatic carbocycles. The van der Waals surface area contributed by atoms with Gasteiger partial charge in [0.25, 0.3) is 5.91 Å². The summed E-state index contributed by atoms with van der Waals surface area (Å²) in [4.78, 5) is 21.6. The molecule has 0 spiro atoms. The molecule has 25 heavy (non-hydrogen) atoms. The van der Waals surface area contributed by atoms with Crippen LogP contribution in [0.15, 0.2) is 41.4 Å². The molecule has 2 heterocycles. The average molecular weight is 375 g/mol. The van der Waals surface area contributed by atoms with Gasteiger partial charge in [-0.2, -0.15) is 0 Å². The Labute approximate surface area is 153 Å². The molecule has 130 valence electrons. The Bertz CT molecular complexity index is 816. The van der Waals surface area contributed by atoms with Gasteiger partial charge in [-0.1, -0.05) is 12.1 Å². The number of rotatable bonds is 7. The number of nitrogens with one attached hydrogen (secondary N) is 1. The molecule has 0 aliphatic heterocycles. The molecule has 1 N–H and O–H groups in total. The number of amides is 1. The van der Waals surface area contributed by atoms with Crippen molar-refractivity contribution in [3.05, 3.63) is 57.5 Å². The van der Waals surface area contributed by atoms with E-state index in [1.54, 1.807) is 25.9 Å². The number of hydrogen-bond acceptors (Lipinski definition) is 7. The van der Waals surface area contributed by atoms with E-state index in [1.807, 2.05) is 29.6 Å². The first-order valence-electron chi connectivity index (χ1n) is 7.51. The SMILES string of the molecule is COc1ccc(C(Cc2scnc2C(=O)Nc2nccs2)OC)cc1. The number of thiazole rings is 2. The van der Waals surface area contributed by atoms with Crippen molar-refractivity contribution < 1.29 is 14.3 Å². The first-order valence-corrected chi connectivity index (χ1v) is 9.27. The highest BCUT2D eigenvalue weighted by Gasteiger charge is 2.20. The predicted molar refractivity (Wildman–Crippen MR) is 98.6 cm³/mol. The van der Waals surface area contributed by atoms with Gasteiger partial charge in [-0.25, -0.2) is 9.97 Å². The van der Waals surface area contributed by atoms with Crippen molar-refractivity contribution in [2.75, 3.05) is 19.5 Å². The molecule has 0 fully saturated rings. The molecule has 1 unspecified atom stereocenters. The van der Waals surface area contributed by atoms with Crippen molar-refractivity contribution in [3.8, 4) is 5.75 Å². The number of aromatic nitrogens is 2. The lowest BCUT2D eigenvalue weighted by Crippen LogP contribution is -2.15. The minimum absolute atomic E-state index is 0.169. The highest BCUT2D eigenvalue weighted by atomic mass is 32.1. The Hall–Kier alpha value is -2.29. The van der Waals surface area contributed by atoms with Crippen LogP contribution in [-0.2, 0) is 11.2 Å². The van der Waals surface area contributed by atoms with Gasteiger partial charge in [0.1, 0.15) is 11.4 Å². The lowest BCUT2D eigenvalue weighted by atomic mass is 10.0. The Kier molecular flexibility index (Phi) is 5.75. The van der Waals surface area contributed by atoms with E-state index in [0.717, 1.165) is 16.2 Å². The Morgan fingerprint density at radius 2 is 2.00 bits per heavy atom. The molecule has 3 aromatic rings. The molecule has 0 saturated heterocycles. The predicted octanol–water partition coefficient (Wildman–Crippen LogP) is 3.79. The van der Waals surface area contributed by atoms with E-state index in [-0.39, 0.29) is 12.0 Å². The van der Waals surface area contributed by atoms with Gasteiger partial charge in [-0.05, 0) is 17.7 Å². The maximum atomic E-state index is 12.4. The maximum Gasteiger partial charge on any atom is 0.277 e. The zero-order valence-corrected chi connectivity index (χ0v) is 15.4. The summed E-state index contributed by atoms with van der Waals surface area (Å²) in [5, 5.41) is 5.13. The highest BCUT2D eigenvalue weighted by molar-refractivity contribution is 7.13. The van der Waals surface area contributed by atoms with E-state index in [2.05, 4.69) is 15.3 Å². The van der Waals surface area contributed by atoms with Gasteiger partial charge in [-0.15, -0.1) is 22.7 Å². The van der Waals surface area contributed by atoms with Crippen molar-refractivity contribution in [3.63, 3.8) is 0 Å². The van der Waals surface area contributed by atoms with Crippen LogP contribution < -0.4 is 10.1 Å². The van der Waals surface area contributed by atoms with E-state index in [4.69, 9.17) is 9.47 Å². The van der Waals surface area contributed by atoms with Gasteiger partial charge in [-0.3, -0.25) is 10.1 Å². The fourth-order valence-corrected chi connectivity index (χ4v) is 3.68. The molecule has 6 nitrogen and oxygen atoms in total. The summed E-state index contributed by atoms with van der Waals surface area (Å²) in [6.45, 7) is 0. The van der Waals surface area contributed by atoms with Crippen molar-refractivity contribution in [2.24, 2.45) is 0 Å². The number of carbonyl (C=O) groups excluding carboxylic acids is 1. The number of methoxy groups -OCH3 is 2. The van der Waals surface area contributed by atoms with Crippen LogP contribution in [0.5, 0.6) is 5.75 Å². The third-order valence-electron chi connectivity index (χ3n) is 3.65. The largest absolute Gasteiger partial charge is 0.497 e. The normalized spacial score (nSPS) is 11.9. The standard InChI is InChI=1S/C17H17N3O3S2/c1-22-12-5-3-11(4-6-12)13(23-2)9-14-15(19-10-25-14)16(21)20-17-18-7-8-24-17/h3-8,10,13H,9H2,1-2H3,(H,18,20,21). The van der Waals surface area contributed by atoms with Crippen LogP contribution in [0, 0.1) is 0 Å². The highest BCUT2D eigenvalue weighted by Crippen LogP contribution is 2.27. The Morgan fingerprint density at radius 3 is 2.64 bits per heavy atom. The quantitative estimate of drug-likeness (QED) is 0.680. The van der Waals surface area contributed by atoms with E-state index >= 15 is 0 Å². The van der Waals surface area contributed by atoms with E-state index in [1.165, 1.54) is 22.7 Å². The summed E-state index contributed by atoms with van der Waals surface area (Å²) in [6.07, 6.45) is 2.04. The van der Waals surface area contributed by atoms with Crippen molar-refractivity contribution in [1.29, 1.82) is 0 Å². The first kappa shape index (κ1) is 17.5. The minimum Gasteiger partial charge on any atom is -0.497 e. The van der Waals surface area contributed by atoms with Gasteiger partial charge in [0.15, 0.2) is 5.13 Å². The summed E-state index contributed by atoms with van der Waals surface area (Å²) < 4.78 is 10.8.